The van der Waals surface area contributed by atoms with Crippen molar-refractivity contribution in [2.45, 2.75) is 32.6 Å². The highest BCUT2D eigenvalue weighted by atomic mass is 35.5. The number of anilines is 3. The molecule has 5 nitrogen and oxygen atoms in total. The standard InChI is InChI=1S/C18H23ClN4O/c1-13-11-15(16(24-2)12-14(13)19)21-18-20-8-7-17(22-18)23-9-5-3-4-6-10-23/h7-8,11-12H,3-6,9-10H2,1-2H3,(H,20,21,22). The van der Waals surface area contributed by atoms with Gasteiger partial charge in [-0.05, 0) is 37.5 Å². The Bertz CT molecular complexity index is 699. The van der Waals surface area contributed by atoms with E-state index in [4.69, 9.17) is 16.3 Å². The molecule has 1 aromatic heterocycles. The fraction of sp³-hybridized carbons (Fsp3) is 0.444. The number of halogens is 1. The Labute approximate surface area is 148 Å². The molecule has 0 spiro atoms. The summed E-state index contributed by atoms with van der Waals surface area (Å²) in [5.41, 5.74) is 1.79. The van der Waals surface area contributed by atoms with Crippen molar-refractivity contribution in [3.05, 3.63) is 35.0 Å². The molecule has 1 aromatic carbocycles. The van der Waals surface area contributed by atoms with Gasteiger partial charge in [-0.2, -0.15) is 4.98 Å². The van der Waals surface area contributed by atoms with Gasteiger partial charge in [-0.1, -0.05) is 24.4 Å². The SMILES string of the molecule is COc1cc(Cl)c(C)cc1Nc1nccc(N2CCCCCC2)n1. The number of rotatable bonds is 4. The van der Waals surface area contributed by atoms with Crippen LogP contribution in [0.4, 0.5) is 17.5 Å². The molecule has 0 amide bonds. The second-order valence-electron chi connectivity index (χ2n) is 6.07. The molecule has 0 unspecified atom stereocenters. The van der Waals surface area contributed by atoms with Crippen LogP contribution in [0, 0.1) is 6.92 Å². The van der Waals surface area contributed by atoms with Crippen LogP contribution in [0.3, 0.4) is 0 Å². The van der Waals surface area contributed by atoms with E-state index in [1.165, 1.54) is 25.7 Å². The Morgan fingerprint density at radius 3 is 2.62 bits per heavy atom. The third-order valence-corrected chi connectivity index (χ3v) is 4.71. The fourth-order valence-electron chi connectivity index (χ4n) is 2.94. The highest BCUT2D eigenvalue weighted by molar-refractivity contribution is 6.31. The predicted octanol–water partition coefficient (Wildman–Crippen LogP) is 4.57. The summed E-state index contributed by atoms with van der Waals surface area (Å²) >= 11 is 6.16. The molecule has 0 saturated carbocycles. The second-order valence-corrected chi connectivity index (χ2v) is 6.47. The molecule has 128 valence electrons. The first-order valence-electron chi connectivity index (χ1n) is 8.36. The van der Waals surface area contributed by atoms with Gasteiger partial charge in [-0.15, -0.1) is 0 Å². The van der Waals surface area contributed by atoms with E-state index in [9.17, 15) is 0 Å². The summed E-state index contributed by atoms with van der Waals surface area (Å²) in [5, 5.41) is 3.93. The first-order chi connectivity index (χ1) is 11.7. The second kappa shape index (κ2) is 7.71. The van der Waals surface area contributed by atoms with Crippen LogP contribution in [0.25, 0.3) is 0 Å². The lowest BCUT2D eigenvalue weighted by Gasteiger charge is -2.21. The van der Waals surface area contributed by atoms with E-state index in [1.807, 2.05) is 19.1 Å². The monoisotopic (exact) mass is 346 g/mol. The van der Waals surface area contributed by atoms with E-state index < -0.39 is 0 Å². The number of aromatic nitrogens is 2. The Morgan fingerprint density at radius 2 is 1.92 bits per heavy atom. The van der Waals surface area contributed by atoms with E-state index >= 15 is 0 Å². The topological polar surface area (TPSA) is 50.3 Å². The zero-order valence-corrected chi connectivity index (χ0v) is 14.9. The molecule has 24 heavy (non-hydrogen) atoms. The van der Waals surface area contributed by atoms with Crippen molar-refractivity contribution in [3.63, 3.8) is 0 Å². The van der Waals surface area contributed by atoms with Crippen molar-refractivity contribution in [1.82, 2.24) is 9.97 Å². The van der Waals surface area contributed by atoms with E-state index in [0.29, 0.717) is 16.7 Å². The number of hydrogen-bond donors (Lipinski definition) is 1. The number of ether oxygens (including phenoxy) is 1. The lowest BCUT2D eigenvalue weighted by atomic mass is 10.2. The molecule has 2 aromatic rings. The van der Waals surface area contributed by atoms with Gasteiger partial charge in [-0.25, -0.2) is 4.98 Å². The minimum absolute atomic E-state index is 0.566. The van der Waals surface area contributed by atoms with Crippen molar-refractivity contribution in [2.75, 3.05) is 30.4 Å². The average molecular weight is 347 g/mol. The molecule has 1 saturated heterocycles. The Balaban J connectivity index is 1.83. The summed E-state index contributed by atoms with van der Waals surface area (Å²) in [6, 6.07) is 5.72. The fourth-order valence-corrected chi connectivity index (χ4v) is 3.09. The smallest absolute Gasteiger partial charge is 0.229 e. The minimum atomic E-state index is 0.566. The third kappa shape index (κ3) is 3.90. The zero-order valence-electron chi connectivity index (χ0n) is 14.2. The number of nitrogens with one attached hydrogen (secondary N) is 1. The molecule has 0 bridgehead atoms. The molecule has 0 radical (unpaired) electrons. The largest absolute Gasteiger partial charge is 0.495 e. The highest BCUT2D eigenvalue weighted by Crippen LogP contribution is 2.32. The maximum atomic E-state index is 6.16. The maximum Gasteiger partial charge on any atom is 0.229 e. The van der Waals surface area contributed by atoms with Crippen molar-refractivity contribution in [3.8, 4) is 5.75 Å². The third-order valence-electron chi connectivity index (χ3n) is 4.30. The van der Waals surface area contributed by atoms with E-state index in [2.05, 4.69) is 20.2 Å². The molecule has 1 N–H and O–H groups in total. The summed E-state index contributed by atoms with van der Waals surface area (Å²) in [4.78, 5) is 11.4. The van der Waals surface area contributed by atoms with Gasteiger partial charge in [0.2, 0.25) is 5.95 Å². The summed E-state index contributed by atoms with van der Waals surface area (Å²) in [5.74, 6) is 2.21. The zero-order chi connectivity index (χ0) is 16.9. The number of aryl methyl sites for hydroxylation is 1. The number of nitrogens with zero attached hydrogens (tertiary/aromatic N) is 3. The van der Waals surface area contributed by atoms with Gasteiger partial charge in [0.25, 0.3) is 0 Å². The van der Waals surface area contributed by atoms with Crippen molar-refractivity contribution < 1.29 is 4.74 Å². The molecule has 2 heterocycles. The first kappa shape index (κ1) is 16.8. The molecule has 0 aliphatic carbocycles. The van der Waals surface area contributed by atoms with Crippen LogP contribution in [0.2, 0.25) is 5.02 Å². The number of methoxy groups -OCH3 is 1. The lowest BCUT2D eigenvalue weighted by Crippen LogP contribution is -2.25. The molecule has 3 rings (SSSR count). The maximum absolute atomic E-state index is 6.16. The Morgan fingerprint density at radius 1 is 1.17 bits per heavy atom. The molecule has 1 fully saturated rings. The molecule has 1 aliphatic heterocycles. The van der Waals surface area contributed by atoms with Gasteiger partial charge in [0.05, 0.1) is 12.8 Å². The van der Waals surface area contributed by atoms with Crippen molar-refractivity contribution >= 4 is 29.1 Å². The van der Waals surface area contributed by atoms with Crippen LogP contribution in [0.15, 0.2) is 24.4 Å². The summed E-state index contributed by atoms with van der Waals surface area (Å²) in [6.45, 7) is 4.07. The van der Waals surface area contributed by atoms with Crippen molar-refractivity contribution in [1.29, 1.82) is 0 Å². The normalized spacial score (nSPS) is 15.0. The Hall–Kier alpha value is -2.01. The van der Waals surface area contributed by atoms with E-state index in [-0.39, 0.29) is 0 Å². The summed E-state index contributed by atoms with van der Waals surface area (Å²) in [7, 11) is 1.63. The molecular weight excluding hydrogens is 324 g/mol. The van der Waals surface area contributed by atoms with Gasteiger partial charge >= 0.3 is 0 Å². The van der Waals surface area contributed by atoms with Gasteiger partial charge < -0.3 is 15.0 Å². The van der Waals surface area contributed by atoms with Crippen LogP contribution >= 0.6 is 11.6 Å². The average Bonchev–Trinajstić information content (AvgIpc) is 2.87. The molecule has 0 atom stereocenters. The predicted molar refractivity (Wildman–Crippen MR) is 98.7 cm³/mol. The van der Waals surface area contributed by atoms with Gasteiger partial charge in [-0.3, -0.25) is 0 Å². The van der Waals surface area contributed by atoms with Crippen LogP contribution in [-0.2, 0) is 0 Å². The quantitative estimate of drug-likeness (QED) is 0.878. The van der Waals surface area contributed by atoms with Crippen LogP contribution in [0.1, 0.15) is 31.2 Å². The van der Waals surface area contributed by atoms with E-state index in [1.54, 1.807) is 19.4 Å². The van der Waals surface area contributed by atoms with Crippen LogP contribution in [-0.4, -0.2) is 30.2 Å². The molecule has 1 aliphatic rings. The van der Waals surface area contributed by atoms with E-state index in [0.717, 1.165) is 30.2 Å². The molecule has 6 heteroatoms. The molecular formula is C18H23ClN4O. The summed E-state index contributed by atoms with van der Waals surface area (Å²) < 4.78 is 5.40. The highest BCUT2D eigenvalue weighted by Gasteiger charge is 2.13. The summed E-state index contributed by atoms with van der Waals surface area (Å²) in [6.07, 6.45) is 6.83. The van der Waals surface area contributed by atoms with Gasteiger partial charge in [0.1, 0.15) is 11.6 Å². The minimum Gasteiger partial charge on any atom is -0.495 e. The van der Waals surface area contributed by atoms with Gasteiger partial charge in [0.15, 0.2) is 0 Å². The number of benzene rings is 1. The Kier molecular flexibility index (Phi) is 5.41. The van der Waals surface area contributed by atoms with Crippen LogP contribution < -0.4 is 15.0 Å². The number of hydrogen-bond acceptors (Lipinski definition) is 5. The first-order valence-corrected chi connectivity index (χ1v) is 8.74. The van der Waals surface area contributed by atoms with Gasteiger partial charge in [0, 0.05) is 30.4 Å². The van der Waals surface area contributed by atoms with Crippen molar-refractivity contribution in [2.24, 2.45) is 0 Å². The van der Waals surface area contributed by atoms with Crippen LogP contribution in [0.5, 0.6) is 5.75 Å². The lowest BCUT2D eigenvalue weighted by molar-refractivity contribution is 0.416.